The average molecular weight is 459 g/mol. The van der Waals surface area contributed by atoms with E-state index in [-0.39, 0.29) is 29.2 Å². The number of benzene rings is 3. The Morgan fingerprint density at radius 1 is 0.853 bits per heavy atom. The Hall–Kier alpha value is -2.39. The summed E-state index contributed by atoms with van der Waals surface area (Å²) in [4.78, 5) is 11.7. The van der Waals surface area contributed by atoms with Gasteiger partial charge in [0.2, 0.25) is 0 Å². The predicted octanol–water partition coefficient (Wildman–Crippen LogP) is 7.66. The van der Waals surface area contributed by atoms with Gasteiger partial charge in [0, 0.05) is 6.42 Å². The van der Waals surface area contributed by atoms with E-state index in [0.717, 1.165) is 19.3 Å². The molecule has 3 nitrogen and oxygen atoms in total. The van der Waals surface area contributed by atoms with Gasteiger partial charge in [-0.25, -0.2) is 0 Å². The van der Waals surface area contributed by atoms with E-state index in [4.69, 9.17) is 9.47 Å². The monoisotopic (exact) mass is 458 g/mol. The minimum atomic E-state index is -0.374. The molecule has 34 heavy (non-hydrogen) atoms. The summed E-state index contributed by atoms with van der Waals surface area (Å²) in [5.41, 5.74) is 2.33. The molecule has 4 unspecified atom stereocenters. The van der Waals surface area contributed by atoms with E-state index < -0.39 is 0 Å². The molecular weight excluding hydrogens is 420 g/mol. The Morgan fingerprint density at radius 3 is 2.24 bits per heavy atom. The summed E-state index contributed by atoms with van der Waals surface area (Å²) in [6.07, 6.45) is 3.82. The zero-order valence-corrected chi connectivity index (χ0v) is 21.5. The molecule has 0 aliphatic heterocycles. The molecular formula is C31H38O3. The first-order valence-electron chi connectivity index (χ1n) is 12.9. The lowest BCUT2D eigenvalue weighted by atomic mass is 9.82. The Kier molecular flexibility index (Phi) is 5.75. The number of esters is 1. The molecule has 0 aromatic heterocycles. The van der Waals surface area contributed by atoms with Gasteiger partial charge in [0.15, 0.2) is 0 Å². The van der Waals surface area contributed by atoms with Crippen molar-refractivity contribution in [3.8, 4) is 0 Å². The van der Waals surface area contributed by atoms with Crippen molar-refractivity contribution in [2.45, 2.75) is 90.4 Å². The number of carbonyl (C=O) groups excluding carboxylic acids is 1. The van der Waals surface area contributed by atoms with Crippen molar-refractivity contribution in [2.75, 3.05) is 0 Å². The van der Waals surface area contributed by atoms with Gasteiger partial charge in [-0.2, -0.15) is 0 Å². The maximum absolute atomic E-state index is 11.7. The summed E-state index contributed by atoms with van der Waals surface area (Å²) in [5, 5.41) is 5.21. The summed E-state index contributed by atoms with van der Waals surface area (Å²) >= 11 is 0. The van der Waals surface area contributed by atoms with E-state index in [2.05, 4.69) is 83.1 Å². The van der Waals surface area contributed by atoms with Crippen LogP contribution in [0.1, 0.15) is 78.4 Å². The summed E-state index contributed by atoms with van der Waals surface area (Å²) in [5.74, 6) is 0.856. The first-order chi connectivity index (χ1) is 16.1. The van der Waals surface area contributed by atoms with Crippen LogP contribution in [0.15, 0.2) is 48.5 Å². The minimum absolute atomic E-state index is 0.0753. The third-order valence-electron chi connectivity index (χ3n) is 8.13. The molecule has 2 saturated carbocycles. The zero-order chi connectivity index (χ0) is 24.3. The minimum Gasteiger partial charge on any atom is -0.462 e. The fourth-order valence-corrected chi connectivity index (χ4v) is 6.28. The number of rotatable bonds is 5. The van der Waals surface area contributed by atoms with Crippen LogP contribution in [0.25, 0.3) is 21.5 Å². The smallest absolute Gasteiger partial charge is 0.305 e. The predicted molar refractivity (Wildman–Crippen MR) is 139 cm³/mol. The van der Waals surface area contributed by atoms with Crippen LogP contribution in [0.4, 0.5) is 0 Å². The highest BCUT2D eigenvalue weighted by Crippen LogP contribution is 2.49. The molecule has 3 aromatic carbocycles. The molecule has 0 spiro atoms. The maximum Gasteiger partial charge on any atom is 0.305 e. The first kappa shape index (κ1) is 23.4. The normalized spacial score (nSPS) is 24.8. The van der Waals surface area contributed by atoms with Crippen molar-refractivity contribution >= 4 is 27.5 Å². The zero-order valence-electron chi connectivity index (χ0n) is 21.5. The van der Waals surface area contributed by atoms with Gasteiger partial charge in [0.1, 0.15) is 6.10 Å². The van der Waals surface area contributed by atoms with Crippen molar-refractivity contribution in [1.29, 1.82) is 0 Å². The molecule has 180 valence electrons. The van der Waals surface area contributed by atoms with Crippen molar-refractivity contribution in [2.24, 2.45) is 11.8 Å². The van der Waals surface area contributed by atoms with Crippen molar-refractivity contribution < 1.29 is 14.3 Å². The Balaban J connectivity index is 1.38. The van der Waals surface area contributed by atoms with Gasteiger partial charge >= 0.3 is 5.97 Å². The molecule has 3 aromatic rings. The number of hydrogen-bond donors (Lipinski definition) is 0. The lowest BCUT2D eigenvalue weighted by Gasteiger charge is -2.35. The van der Waals surface area contributed by atoms with Gasteiger partial charge in [-0.1, -0.05) is 70.2 Å². The largest absolute Gasteiger partial charge is 0.462 e. The van der Waals surface area contributed by atoms with Crippen molar-refractivity contribution in [3.05, 3.63) is 59.7 Å². The molecule has 2 aliphatic rings. The van der Waals surface area contributed by atoms with Crippen LogP contribution in [0.5, 0.6) is 0 Å². The SMILES string of the molecule is CCC(=O)OC1CC2CC1CC2OC(C)(C)c1ccc2c(ccc3c(C(C)(C)C)cccc32)c1. The molecule has 0 saturated heterocycles. The van der Waals surface area contributed by atoms with Crippen LogP contribution >= 0.6 is 0 Å². The molecule has 3 heteroatoms. The second-order valence-electron chi connectivity index (χ2n) is 11.9. The fraction of sp³-hybridized carbons (Fsp3) is 0.516. The van der Waals surface area contributed by atoms with Gasteiger partial charge < -0.3 is 9.47 Å². The number of hydrogen-bond acceptors (Lipinski definition) is 3. The Morgan fingerprint density at radius 2 is 1.56 bits per heavy atom. The summed E-state index contributed by atoms with van der Waals surface area (Å²) in [7, 11) is 0. The molecule has 2 fully saturated rings. The highest BCUT2D eigenvalue weighted by Gasteiger charge is 2.49. The van der Waals surface area contributed by atoms with Gasteiger partial charge in [-0.05, 0) is 89.1 Å². The van der Waals surface area contributed by atoms with E-state index in [1.807, 2.05) is 6.92 Å². The Bertz CT molecular complexity index is 1230. The van der Waals surface area contributed by atoms with Gasteiger partial charge in [0.05, 0.1) is 11.7 Å². The summed E-state index contributed by atoms with van der Waals surface area (Å²) in [6, 6.07) is 18.0. The molecule has 0 N–H and O–H groups in total. The number of carbonyl (C=O) groups is 1. The first-order valence-corrected chi connectivity index (χ1v) is 12.9. The lowest BCUT2D eigenvalue weighted by molar-refractivity contribution is -0.155. The van der Waals surface area contributed by atoms with Gasteiger partial charge in [-0.3, -0.25) is 4.79 Å². The van der Waals surface area contributed by atoms with Crippen LogP contribution in [-0.4, -0.2) is 18.2 Å². The van der Waals surface area contributed by atoms with Crippen LogP contribution < -0.4 is 0 Å². The van der Waals surface area contributed by atoms with Crippen LogP contribution in [0.3, 0.4) is 0 Å². The van der Waals surface area contributed by atoms with Crippen LogP contribution in [0, 0.1) is 11.8 Å². The van der Waals surface area contributed by atoms with Gasteiger partial charge in [0.25, 0.3) is 0 Å². The van der Waals surface area contributed by atoms with E-state index >= 15 is 0 Å². The topological polar surface area (TPSA) is 35.5 Å². The average Bonchev–Trinajstić information content (AvgIpc) is 3.36. The van der Waals surface area contributed by atoms with E-state index in [1.54, 1.807) is 0 Å². The van der Waals surface area contributed by atoms with Crippen molar-refractivity contribution in [1.82, 2.24) is 0 Å². The van der Waals surface area contributed by atoms with Crippen molar-refractivity contribution in [3.63, 3.8) is 0 Å². The molecule has 4 atom stereocenters. The van der Waals surface area contributed by atoms with E-state index in [0.29, 0.717) is 18.3 Å². The summed E-state index contributed by atoms with van der Waals surface area (Å²) < 4.78 is 12.4. The fourth-order valence-electron chi connectivity index (χ4n) is 6.28. The number of fused-ring (bicyclic) bond motifs is 5. The van der Waals surface area contributed by atoms with Crippen LogP contribution in [-0.2, 0) is 25.3 Å². The molecule has 2 aliphatic carbocycles. The lowest BCUT2D eigenvalue weighted by Crippen LogP contribution is -2.35. The van der Waals surface area contributed by atoms with E-state index in [1.165, 1.54) is 32.7 Å². The third kappa shape index (κ3) is 4.13. The highest BCUT2D eigenvalue weighted by atomic mass is 16.5. The van der Waals surface area contributed by atoms with E-state index in [9.17, 15) is 4.79 Å². The maximum atomic E-state index is 11.7. The second kappa shape index (κ2) is 8.37. The van der Waals surface area contributed by atoms with Gasteiger partial charge in [-0.15, -0.1) is 0 Å². The molecule has 5 rings (SSSR count). The second-order valence-corrected chi connectivity index (χ2v) is 11.9. The third-order valence-corrected chi connectivity index (χ3v) is 8.13. The standard InChI is InChI=1S/C31H38O3/c1-7-29(32)33-27-17-21-15-20(27)18-28(21)34-31(5,6)22-12-14-23-19(16-22)11-13-25-24(23)9-8-10-26(25)30(2,3)4/h8-14,16,20-21,27-28H,7,15,17-18H2,1-6H3. The molecule has 0 amide bonds. The quantitative estimate of drug-likeness (QED) is 0.291. The Labute approximate surface area is 203 Å². The highest BCUT2D eigenvalue weighted by molar-refractivity contribution is 6.08. The van der Waals surface area contributed by atoms with Crippen LogP contribution in [0.2, 0.25) is 0 Å². The number of ether oxygens (including phenoxy) is 2. The molecule has 2 bridgehead atoms. The summed E-state index contributed by atoms with van der Waals surface area (Å²) in [6.45, 7) is 13.1. The molecule has 0 heterocycles. The molecule has 0 radical (unpaired) electrons.